The highest BCUT2D eigenvalue weighted by atomic mass is 16.4. The third kappa shape index (κ3) is 5.02. The Balaban J connectivity index is 1.83. The van der Waals surface area contributed by atoms with Crippen molar-refractivity contribution in [1.82, 2.24) is 9.55 Å². The highest BCUT2D eigenvalue weighted by Crippen LogP contribution is 2.18. The Morgan fingerprint density at radius 3 is 2.66 bits per heavy atom. The Kier molecular flexibility index (Phi) is 6.64. The molecule has 3 rings (SSSR count). The molecular formula is C23H24N4O2. The maximum Gasteiger partial charge on any atom is 0.337 e. The number of carboxylic acids is 1. The maximum atomic E-state index is 11.4. The molecule has 0 bridgehead atoms. The molecule has 0 spiro atoms. The van der Waals surface area contributed by atoms with E-state index in [1.165, 1.54) is 0 Å². The molecule has 148 valence electrons. The number of unbranched alkanes of at least 4 members (excludes halogenated alkanes) is 1. The van der Waals surface area contributed by atoms with Gasteiger partial charge >= 0.3 is 5.97 Å². The Morgan fingerprint density at radius 2 is 1.97 bits per heavy atom. The molecule has 0 saturated heterocycles. The van der Waals surface area contributed by atoms with Crippen molar-refractivity contribution < 1.29 is 9.90 Å². The standard InChI is InChI=1S/C23H24N4O2/c1-2-3-8-22-26-15-19(14-25-21-7-5-4-6-20(21)23(28)29)27(22)16-18-11-9-17(13-24)10-12-18/h4-7,9-12,15,25H,2-3,8,14,16H2,1H3,(H,28,29). The molecule has 2 aromatic carbocycles. The normalized spacial score (nSPS) is 10.5. The van der Waals surface area contributed by atoms with E-state index in [4.69, 9.17) is 5.26 Å². The number of benzene rings is 2. The smallest absolute Gasteiger partial charge is 0.337 e. The lowest BCUT2D eigenvalue weighted by Gasteiger charge is -2.14. The van der Waals surface area contributed by atoms with E-state index in [1.807, 2.05) is 36.5 Å². The van der Waals surface area contributed by atoms with Crippen LogP contribution >= 0.6 is 0 Å². The number of nitriles is 1. The predicted molar refractivity (Wildman–Crippen MR) is 112 cm³/mol. The molecule has 0 unspecified atom stereocenters. The number of hydrogen-bond donors (Lipinski definition) is 2. The van der Waals surface area contributed by atoms with Crippen LogP contribution in [0.4, 0.5) is 5.69 Å². The first-order valence-corrected chi connectivity index (χ1v) is 9.71. The van der Waals surface area contributed by atoms with Gasteiger partial charge in [-0.05, 0) is 36.2 Å². The number of hydrogen-bond acceptors (Lipinski definition) is 4. The fraction of sp³-hybridized carbons (Fsp3) is 0.261. The summed E-state index contributed by atoms with van der Waals surface area (Å²) in [5, 5.41) is 21.6. The van der Waals surface area contributed by atoms with E-state index in [9.17, 15) is 9.90 Å². The van der Waals surface area contributed by atoms with Gasteiger partial charge in [-0.2, -0.15) is 5.26 Å². The summed E-state index contributed by atoms with van der Waals surface area (Å²) in [7, 11) is 0. The minimum atomic E-state index is -0.956. The molecule has 0 saturated carbocycles. The van der Waals surface area contributed by atoms with Gasteiger partial charge in [0, 0.05) is 18.7 Å². The largest absolute Gasteiger partial charge is 0.478 e. The van der Waals surface area contributed by atoms with Crippen LogP contribution in [-0.2, 0) is 19.5 Å². The number of carboxylic acid groups (broad SMARTS) is 1. The van der Waals surface area contributed by atoms with Crippen molar-refractivity contribution in [2.24, 2.45) is 0 Å². The lowest BCUT2D eigenvalue weighted by molar-refractivity contribution is 0.0698. The fourth-order valence-electron chi connectivity index (χ4n) is 3.20. The van der Waals surface area contributed by atoms with Gasteiger partial charge in [0.1, 0.15) is 5.82 Å². The lowest BCUT2D eigenvalue weighted by atomic mass is 10.1. The van der Waals surface area contributed by atoms with E-state index in [1.54, 1.807) is 18.2 Å². The second kappa shape index (κ2) is 9.56. The van der Waals surface area contributed by atoms with Gasteiger partial charge in [-0.15, -0.1) is 0 Å². The number of imidazole rings is 1. The monoisotopic (exact) mass is 388 g/mol. The summed E-state index contributed by atoms with van der Waals surface area (Å²) in [5.74, 6) is 0.0577. The number of aromatic carboxylic acids is 1. The van der Waals surface area contributed by atoms with Crippen LogP contribution in [0.3, 0.4) is 0 Å². The summed E-state index contributed by atoms with van der Waals surface area (Å²) in [6.07, 6.45) is 4.88. The zero-order valence-corrected chi connectivity index (χ0v) is 16.4. The van der Waals surface area contributed by atoms with Crippen LogP contribution in [0.25, 0.3) is 0 Å². The first-order valence-electron chi connectivity index (χ1n) is 9.71. The second-order valence-electron chi connectivity index (χ2n) is 6.87. The van der Waals surface area contributed by atoms with Gasteiger partial charge in [0.05, 0.1) is 35.6 Å². The van der Waals surface area contributed by atoms with Crippen molar-refractivity contribution >= 4 is 11.7 Å². The molecule has 0 fully saturated rings. The summed E-state index contributed by atoms with van der Waals surface area (Å²) in [5.41, 5.74) is 3.54. The maximum absolute atomic E-state index is 11.4. The van der Waals surface area contributed by atoms with Crippen molar-refractivity contribution in [3.05, 3.63) is 82.9 Å². The van der Waals surface area contributed by atoms with Gasteiger partial charge in [0.25, 0.3) is 0 Å². The quantitative estimate of drug-likeness (QED) is 0.565. The molecule has 29 heavy (non-hydrogen) atoms. The number of aromatic nitrogens is 2. The van der Waals surface area contributed by atoms with Crippen molar-refractivity contribution in [3.63, 3.8) is 0 Å². The Hall–Kier alpha value is -3.59. The average Bonchev–Trinajstić information content (AvgIpc) is 3.12. The number of carbonyl (C=O) groups is 1. The number of para-hydroxylation sites is 1. The molecule has 0 aliphatic heterocycles. The van der Waals surface area contributed by atoms with E-state index in [0.29, 0.717) is 24.3 Å². The van der Waals surface area contributed by atoms with Crippen LogP contribution in [0, 0.1) is 11.3 Å². The Morgan fingerprint density at radius 1 is 1.21 bits per heavy atom. The molecule has 1 aromatic heterocycles. The SMILES string of the molecule is CCCCc1ncc(CNc2ccccc2C(=O)O)n1Cc1ccc(C#N)cc1. The highest BCUT2D eigenvalue weighted by molar-refractivity contribution is 5.94. The van der Waals surface area contributed by atoms with Gasteiger partial charge in [0.15, 0.2) is 0 Å². The molecule has 0 atom stereocenters. The van der Waals surface area contributed by atoms with Crippen molar-refractivity contribution in [3.8, 4) is 6.07 Å². The van der Waals surface area contributed by atoms with Gasteiger partial charge in [-0.3, -0.25) is 0 Å². The first kappa shape index (κ1) is 20.2. The third-order valence-electron chi connectivity index (χ3n) is 4.82. The van der Waals surface area contributed by atoms with Crippen LogP contribution in [0.2, 0.25) is 0 Å². The Bertz CT molecular complexity index is 1020. The van der Waals surface area contributed by atoms with E-state index in [0.717, 1.165) is 36.3 Å². The molecule has 0 radical (unpaired) electrons. The molecule has 3 aromatic rings. The molecule has 0 amide bonds. The van der Waals surface area contributed by atoms with Gasteiger partial charge in [-0.25, -0.2) is 9.78 Å². The Labute approximate surface area is 170 Å². The summed E-state index contributed by atoms with van der Waals surface area (Å²) in [4.78, 5) is 16.0. The summed E-state index contributed by atoms with van der Waals surface area (Å²) in [6.45, 7) is 3.28. The van der Waals surface area contributed by atoms with Gasteiger partial charge < -0.3 is 15.0 Å². The van der Waals surface area contributed by atoms with E-state index >= 15 is 0 Å². The third-order valence-corrected chi connectivity index (χ3v) is 4.82. The average molecular weight is 388 g/mol. The first-order chi connectivity index (χ1) is 14.1. The fourth-order valence-corrected chi connectivity index (χ4v) is 3.20. The highest BCUT2D eigenvalue weighted by Gasteiger charge is 2.13. The summed E-state index contributed by atoms with van der Waals surface area (Å²) >= 11 is 0. The van der Waals surface area contributed by atoms with Crippen LogP contribution in [0.1, 0.15) is 52.8 Å². The van der Waals surface area contributed by atoms with E-state index < -0.39 is 5.97 Å². The van der Waals surface area contributed by atoms with Crippen molar-refractivity contribution in [2.45, 2.75) is 39.3 Å². The molecule has 2 N–H and O–H groups in total. The number of anilines is 1. The van der Waals surface area contributed by atoms with E-state index in [2.05, 4.69) is 27.9 Å². The molecule has 6 heteroatoms. The van der Waals surface area contributed by atoms with Gasteiger partial charge in [0.2, 0.25) is 0 Å². The van der Waals surface area contributed by atoms with Crippen LogP contribution in [0.5, 0.6) is 0 Å². The minimum absolute atomic E-state index is 0.247. The molecule has 6 nitrogen and oxygen atoms in total. The zero-order valence-electron chi connectivity index (χ0n) is 16.4. The van der Waals surface area contributed by atoms with Crippen LogP contribution in [0.15, 0.2) is 54.7 Å². The number of nitrogens with zero attached hydrogens (tertiary/aromatic N) is 3. The predicted octanol–water partition coefficient (Wildman–Crippen LogP) is 4.46. The molecule has 0 aliphatic rings. The van der Waals surface area contributed by atoms with Crippen molar-refractivity contribution in [1.29, 1.82) is 5.26 Å². The van der Waals surface area contributed by atoms with Crippen LogP contribution in [-0.4, -0.2) is 20.6 Å². The molecule has 1 heterocycles. The minimum Gasteiger partial charge on any atom is -0.478 e. The molecular weight excluding hydrogens is 364 g/mol. The second-order valence-corrected chi connectivity index (χ2v) is 6.87. The lowest BCUT2D eigenvalue weighted by Crippen LogP contribution is -2.13. The topological polar surface area (TPSA) is 90.9 Å². The van der Waals surface area contributed by atoms with Gasteiger partial charge in [-0.1, -0.05) is 37.6 Å². The van der Waals surface area contributed by atoms with E-state index in [-0.39, 0.29) is 5.56 Å². The summed E-state index contributed by atoms with van der Waals surface area (Å²) < 4.78 is 2.17. The van der Waals surface area contributed by atoms with Crippen LogP contribution < -0.4 is 5.32 Å². The number of aryl methyl sites for hydroxylation is 1. The summed E-state index contributed by atoms with van der Waals surface area (Å²) in [6, 6.07) is 16.6. The number of rotatable bonds is 9. The number of nitrogens with one attached hydrogen (secondary N) is 1. The molecule has 0 aliphatic carbocycles. The van der Waals surface area contributed by atoms with Crippen molar-refractivity contribution in [2.75, 3.05) is 5.32 Å². The zero-order chi connectivity index (χ0) is 20.6.